The molecule has 1 aromatic carbocycles. The van der Waals surface area contributed by atoms with E-state index < -0.39 is 42.8 Å². The second-order valence-electron chi connectivity index (χ2n) is 8.11. The van der Waals surface area contributed by atoms with Crippen molar-refractivity contribution in [1.29, 1.82) is 0 Å². The van der Waals surface area contributed by atoms with Crippen molar-refractivity contribution in [1.82, 2.24) is 25.5 Å². The topological polar surface area (TPSA) is 159 Å². The number of para-hydroxylation sites is 1. The number of fused-ring (bicyclic) bond motifs is 1. The lowest BCUT2D eigenvalue weighted by molar-refractivity contribution is -0.166. The van der Waals surface area contributed by atoms with E-state index in [0.29, 0.717) is 23.7 Å². The number of nitrogens with zero attached hydrogens (tertiary/aromatic N) is 3. The monoisotopic (exact) mass is 491 g/mol. The minimum atomic E-state index is -3.25. The predicted octanol–water partition coefficient (Wildman–Crippen LogP) is 0.757. The molecule has 1 saturated heterocycles. The van der Waals surface area contributed by atoms with Gasteiger partial charge in [-0.25, -0.2) is 9.97 Å². The number of benzene rings is 1. The van der Waals surface area contributed by atoms with Crippen LogP contribution in [0.2, 0.25) is 0 Å². The van der Waals surface area contributed by atoms with Gasteiger partial charge in [-0.15, -0.1) is 0 Å². The molecule has 1 aliphatic heterocycles. The minimum Gasteiger partial charge on any atom is -0.355 e. The molecule has 13 heteroatoms. The molecule has 11 nitrogen and oxygen atoms in total. The van der Waals surface area contributed by atoms with E-state index in [4.69, 9.17) is 5.73 Å². The summed E-state index contributed by atoms with van der Waals surface area (Å²) in [5, 5.41) is 7.85. The van der Waals surface area contributed by atoms with Crippen LogP contribution in [0.5, 0.6) is 0 Å². The van der Waals surface area contributed by atoms with Gasteiger partial charge in [0, 0.05) is 43.8 Å². The van der Waals surface area contributed by atoms with Gasteiger partial charge in [0.1, 0.15) is 12.0 Å². The van der Waals surface area contributed by atoms with Gasteiger partial charge in [-0.3, -0.25) is 24.1 Å². The fourth-order valence-electron chi connectivity index (χ4n) is 3.82. The van der Waals surface area contributed by atoms with Crippen LogP contribution in [-0.2, 0) is 14.4 Å². The van der Waals surface area contributed by atoms with Crippen LogP contribution in [0.25, 0.3) is 10.9 Å². The first-order chi connectivity index (χ1) is 16.6. The summed E-state index contributed by atoms with van der Waals surface area (Å²) < 4.78 is 28.0. The SMILES string of the molecule is C[C@@H]1CCC(F)(F)N1C(=O)CNC(=O)c1ncnc2c(NC(=O)CCC(=O)NCCN)cccc12. The van der Waals surface area contributed by atoms with Crippen molar-refractivity contribution in [2.24, 2.45) is 5.73 Å². The van der Waals surface area contributed by atoms with Crippen LogP contribution in [0, 0.1) is 0 Å². The van der Waals surface area contributed by atoms with Gasteiger partial charge in [-0.1, -0.05) is 12.1 Å². The lowest BCUT2D eigenvalue weighted by Crippen LogP contribution is -2.48. The molecule has 5 N–H and O–H groups in total. The molecular weight excluding hydrogens is 464 g/mol. The molecule has 1 fully saturated rings. The van der Waals surface area contributed by atoms with E-state index in [-0.39, 0.29) is 41.8 Å². The second kappa shape index (κ2) is 11.1. The number of alkyl halides is 2. The number of hydrogen-bond acceptors (Lipinski definition) is 7. The third-order valence-electron chi connectivity index (χ3n) is 5.52. The van der Waals surface area contributed by atoms with E-state index in [2.05, 4.69) is 25.9 Å². The Morgan fingerprint density at radius 2 is 1.89 bits per heavy atom. The van der Waals surface area contributed by atoms with Crippen molar-refractivity contribution in [3.63, 3.8) is 0 Å². The Hall–Kier alpha value is -3.74. The Labute approximate surface area is 199 Å². The first-order valence-electron chi connectivity index (χ1n) is 11.1. The van der Waals surface area contributed by atoms with Gasteiger partial charge in [0.25, 0.3) is 5.91 Å². The van der Waals surface area contributed by atoms with Gasteiger partial charge in [0.05, 0.1) is 17.7 Å². The number of carbonyl (C=O) groups excluding carboxylic acids is 4. The number of nitrogens with one attached hydrogen (secondary N) is 3. The van der Waals surface area contributed by atoms with Crippen molar-refractivity contribution in [3.8, 4) is 0 Å². The van der Waals surface area contributed by atoms with Crippen LogP contribution in [0.1, 0.15) is 43.1 Å². The highest BCUT2D eigenvalue weighted by Gasteiger charge is 2.48. The molecule has 0 radical (unpaired) electrons. The molecule has 35 heavy (non-hydrogen) atoms. The number of anilines is 1. The number of aromatic nitrogens is 2. The maximum absolute atomic E-state index is 14.0. The van der Waals surface area contributed by atoms with Gasteiger partial charge in [-0.05, 0) is 19.4 Å². The smallest absolute Gasteiger partial charge is 0.328 e. The summed E-state index contributed by atoms with van der Waals surface area (Å²) in [4.78, 5) is 57.6. The Morgan fingerprint density at radius 3 is 2.57 bits per heavy atom. The molecule has 0 bridgehead atoms. The Morgan fingerprint density at radius 1 is 1.14 bits per heavy atom. The average molecular weight is 491 g/mol. The number of hydrogen-bond donors (Lipinski definition) is 4. The van der Waals surface area contributed by atoms with Crippen LogP contribution in [0.3, 0.4) is 0 Å². The van der Waals surface area contributed by atoms with Crippen molar-refractivity contribution < 1.29 is 28.0 Å². The number of carbonyl (C=O) groups is 4. The standard InChI is InChI=1S/C22H27F2N7O4/c1-13-7-8-22(23,24)31(13)18(34)11-27-21(35)20-14-3-2-4-15(19(14)28-12-29-20)30-17(33)6-5-16(32)26-10-9-25/h2-4,12-13H,5-11,25H2,1H3,(H,26,32)(H,27,35)(H,30,33)/t13-/m1/s1. The lowest BCUT2D eigenvalue weighted by Gasteiger charge is -2.27. The number of rotatable bonds is 9. The molecule has 4 amide bonds. The maximum Gasteiger partial charge on any atom is 0.328 e. The van der Waals surface area contributed by atoms with Crippen molar-refractivity contribution in [2.75, 3.05) is 25.0 Å². The van der Waals surface area contributed by atoms with Gasteiger partial charge in [0.15, 0.2) is 0 Å². The first kappa shape index (κ1) is 25.9. The molecule has 2 aromatic rings. The maximum atomic E-state index is 14.0. The summed E-state index contributed by atoms with van der Waals surface area (Å²) in [7, 11) is 0. The van der Waals surface area contributed by atoms with E-state index in [1.807, 2.05) is 0 Å². The van der Waals surface area contributed by atoms with Crippen molar-refractivity contribution in [2.45, 2.75) is 44.7 Å². The van der Waals surface area contributed by atoms with Crippen LogP contribution in [0.4, 0.5) is 14.5 Å². The minimum absolute atomic E-state index is 0.0258. The van der Waals surface area contributed by atoms with E-state index in [0.717, 1.165) is 6.33 Å². The number of likely N-dealkylation sites (tertiary alicyclic amines) is 1. The lowest BCUT2D eigenvalue weighted by atomic mass is 10.1. The number of halogens is 2. The summed E-state index contributed by atoms with van der Waals surface area (Å²) in [5.74, 6) is -2.38. The fraction of sp³-hybridized carbons (Fsp3) is 0.455. The molecular formula is C22H27F2N7O4. The van der Waals surface area contributed by atoms with E-state index >= 15 is 0 Å². The third kappa shape index (κ3) is 6.23. The zero-order valence-electron chi connectivity index (χ0n) is 19.1. The van der Waals surface area contributed by atoms with Gasteiger partial charge in [-0.2, -0.15) is 8.78 Å². The van der Waals surface area contributed by atoms with Crippen LogP contribution in [-0.4, -0.2) is 70.2 Å². The average Bonchev–Trinajstić information content (AvgIpc) is 3.11. The van der Waals surface area contributed by atoms with Crippen molar-refractivity contribution in [3.05, 3.63) is 30.2 Å². The summed E-state index contributed by atoms with van der Waals surface area (Å²) in [6.07, 6.45) is 0.772. The Kier molecular flexibility index (Phi) is 8.22. The Balaban J connectivity index is 1.68. The molecule has 0 spiro atoms. The second-order valence-corrected chi connectivity index (χ2v) is 8.11. The Bertz CT molecular complexity index is 1130. The largest absolute Gasteiger partial charge is 0.355 e. The van der Waals surface area contributed by atoms with Crippen LogP contribution < -0.4 is 21.7 Å². The molecule has 1 atom stereocenters. The summed E-state index contributed by atoms with van der Waals surface area (Å²) in [6.45, 7) is 1.52. The van der Waals surface area contributed by atoms with E-state index in [1.165, 1.54) is 6.92 Å². The first-order valence-corrected chi connectivity index (χ1v) is 11.1. The summed E-state index contributed by atoms with van der Waals surface area (Å²) >= 11 is 0. The van der Waals surface area contributed by atoms with Crippen LogP contribution in [0.15, 0.2) is 24.5 Å². The highest BCUT2D eigenvalue weighted by molar-refractivity contribution is 6.09. The quantitative estimate of drug-likeness (QED) is 0.377. The molecule has 188 valence electrons. The highest BCUT2D eigenvalue weighted by Crippen LogP contribution is 2.36. The predicted molar refractivity (Wildman–Crippen MR) is 122 cm³/mol. The summed E-state index contributed by atoms with van der Waals surface area (Å²) in [5.41, 5.74) is 5.80. The third-order valence-corrected chi connectivity index (χ3v) is 5.52. The molecule has 0 saturated carbocycles. The zero-order valence-corrected chi connectivity index (χ0v) is 19.1. The molecule has 0 unspecified atom stereocenters. The highest BCUT2D eigenvalue weighted by atomic mass is 19.3. The summed E-state index contributed by atoms with van der Waals surface area (Å²) in [6, 6.07) is 0.819. The normalized spacial score (nSPS) is 16.7. The van der Waals surface area contributed by atoms with Crippen molar-refractivity contribution >= 4 is 40.2 Å². The molecule has 0 aliphatic carbocycles. The van der Waals surface area contributed by atoms with Gasteiger partial charge < -0.3 is 21.7 Å². The van der Waals surface area contributed by atoms with Gasteiger partial charge >= 0.3 is 6.05 Å². The molecule has 1 aromatic heterocycles. The van der Waals surface area contributed by atoms with Crippen LogP contribution >= 0.6 is 0 Å². The van der Waals surface area contributed by atoms with Gasteiger partial charge in [0.2, 0.25) is 17.7 Å². The fourth-order valence-corrected chi connectivity index (χ4v) is 3.82. The van der Waals surface area contributed by atoms with E-state index in [9.17, 15) is 28.0 Å². The number of nitrogens with two attached hydrogens (primary N) is 1. The number of amides is 4. The molecule has 3 rings (SSSR count). The molecule has 2 heterocycles. The van der Waals surface area contributed by atoms with E-state index in [1.54, 1.807) is 18.2 Å². The molecule has 1 aliphatic rings. The zero-order chi connectivity index (χ0) is 25.6.